The minimum atomic E-state index is -3.07. The highest BCUT2D eigenvalue weighted by atomic mass is 32.2. The van der Waals surface area contributed by atoms with Gasteiger partial charge >= 0.3 is 0 Å². The minimum absolute atomic E-state index is 0.00232. The molecular weight excluding hydrogens is 298 g/mol. The van der Waals surface area contributed by atoms with E-state index in [0.29, 0.717) is 25.9 Å². The van der Waals surface area contributed by atoms with Gasteiger partial charge in [-0.25, -0.2) is 8.42 Å². The highest BCUT2D eigenvalue weighted by molar-refractivity contribution is 7.91. The zero-order chi connectivity index (χ0) is 15.7. The smallest absolute Gasteiger partial charge is 0.227 e. The Hall–Kier alpha value is -1.88. The number of hydrogen-bond acceptors (Lipinski definition) is 3. The molecule has 22 heavy (non-hydrogen) atoms. The molecule has 1 unspecified atom stereocenters. The van der Waals surface area contributed by atoms with E-state index in [1.54, 1.807) is 4.90 Å². The maximum absolute atomic E-state index is 12.5. The summed E-state index contributed by atoms with van der Waals surface area (Å²) in [5.41, 5.74) is 0.992. The second kappa shape index (κ2) is 5.72. The molecule has 1 fully saturated rings. The number of hydrogen-bond donors (Lipinski definition) is 0. The van der Waals surface area contributed by atoms with Gasteiger partial charge in [0.2, 0.25) is 5.91 Å². The molecule has 3 rings (SSSR count). The van der Waals surface area contributed by atoms with E-state index in [4.69, 9.17) is 0 Å². The fourth-order valence-corrected chi connectivity index (χ4v) is 4.01. The third kappa shape index (κ3) is 2.99. The summed E-state index contributed by atoms with van der Waals surface area (Å²) in [6.07, 6.45) is 2.11. The number of sulfone groups is 1. The van der Waals surface area contributed by atoms with Crippen molar-refractivity contribution < 1.29 is 13.2 Å². The van der Waals surface area contributed by atoms with Gasteiger partial charge in [-0.2, -0.15) is 0 Å². The predicted molar refractivity (Wildman–Crippen MR) is 87.5 cm³/mol. The van der Waals surface area contributed by atoms with Crippen LogP contribution in [0.3, 0.4) is 0 Å². The van der Waals surface area contributed by atoms with Crippen molar-refractivity contribution in [2.45, 2.75) is 18.1 Å². The van der Waals surface area contributed by atoms with Crippen LogP contribution in [0.25, 0.3) is 10.8 Å². The van der Waals surface area contributed by atoms with Crippen molar-refractivity contribution in [3.05, 3.63) is 48.0 Å². The highest BCUT2D eigenvalue weighted by Gasteiger charge is 2.32. The number of benzene rings is 2. The molecule has 0 bridgehead atoms. The van der Waals surface area contributed by atoms with Crippen LogP contribution in [0.5, 0.6) is 0 Å². The Kier molecular flexibility index (Phi) is 3.91. The van der Waals surface area contributed by atoms with Crippen molar-refractivity contribution in [1.82, 2.24) is 4.90 Å². The summed E-state index contributed by atoms with van der Waals surface area (Å²) in [5, 5.41) is 1.78. The van der Waals surface area contributed by atoms with Gasteiger partial charge in [-0.05, 0) is 22.8 Å². The lowest BCUT2D eigenvalue weighted by Crippen LogP contribution is -2.32. The molecule has 0 aromatic heterocycles. The quantitative estimate of drug-likeness (QED) is 0.870. The normalized spacial score (nSPS) is 18.8. The Balaban J connectivity index is 1.77. The van der Waals surface area contributed by atoms with Gasteiger partial charge in [0.05, 0.1) is 11.7 Å². The number of carbonyl (C=O) groups excluding carboxylic acids is 1. The van der Waals surface area contributed by atoms with Crippen LogP contribution in [0, 0.1) is 0 Å². The third-order valence-corrected chi connectivity index (χ3v) is 5.92. The first-order valence-electron chi connectivity index (χ1n) is 7.38. The standard InChI is InChI=1S/C17H19NO3S/c1-22(20,21)15-9-10-18(12-15)17(19)11-14-7-4-6-13-5-2-3-8-16(13)14/h2-8,15H,9-12H2,1H3. The molecule has 1 amide bonds. The van der Waals surface area contributed by atoms with Crippen LogP contribution in [-0.2, 0) is 21.1 Å². The first-order chi connectivity index (χ1) is 10.4. The van der Waals surface area contributed by atoms with Crippen molar-refractivity contribution in [1.29, 1.82) is 0 Å². The molecular formula is C17H19NO3S. The zero-order valence-electron chi connectivity index (χ0n) is 12.5. The Labute approximate surface area is 130 Å². The molecule has 1 aliphatic heterocycles. The largest absolute Gasteiger partial charge is 0.341 e. The van der Waals surface area contributed by atoms with E-state index < -0.39 is 15.1 Å². The van der Waals surface area contributed by atoms with Gasteiger partial charge in [0.1, 0.15) is 0 Å². The average molecular weight is 317 g/mol. The highest BCUT2D eigenvalue weighted by Crippen LogP contribution is 2.21. The molecule has 1 aliphatic rings. The number of fused-ring (bicyclic) bond motifs is 1. The second-order valence-corrected chi connectivity index (χ2v) is 8.22. The number of carbonyl (C=O) groups is 1. The van der Waals surface area contributed by atoms with E-state index in [0.717, 1.165) is 16.3 Å². The van der Waals surface area contributed by atoms with Gasteiger partial charge in [-0.15, -0.1) is 0 Å². The summed E-state index contributed by atoms with van der Waals surface area (Å²) >= 11 is 0. The Morgan fingerprint density at radius 3 is 2.64 bits per heavy atom. The lowest BCUT2D eigenvalue weighted by Gasteiger charge is -2.17. The summed E-state index contributed by atoms with van der Waals surface area (Å²) < 4.78 is 23.2. The summed E-state index contributed by atoms with van der Waals surface area (Å²) in [5.74, 6) is 0.00232. The molecule has 1 saturated heterocycles. The van der Waals surface area contributed by atoms with Crippen LogP contribution in [0.2, 0.25) is 0 Å². The molecule has 5 heteroatoms. The maximum atomic E-state index is 12.5. The monoisotopic (exact) mass is 317 g/mol. The van der Waals surface area contributed by atoms with Crippen molar-refractivity contribution in [2.24, 2.45) is 0 Å². The molecule has 0 saturated carbocycles. The molecule has 0 spiro atoms. The van der Waals surface area contributed by atoms with Crippen molar-refractivity contribution >= 4 is 26.5 Å². The van der Waals surface area contributed by atoms with E-state index in [2.05, 4.69) is 0 Å². The van der Waals surface area contributed by atoms with Crippen LogP contribution >= 0.6 is 0 Å². The SMILES string of the molecule is CS(=O)(=O)C1CCN(C(=O)Cc2cccc3ccccc23)C1. The summed E-state index contributed by atoms with van der Waals surface area (Å²) in [6, 6.07) is 13.9. The first-order valence-corrected chi connectivity index (χ1v) is 9.34. The van der Waals surface area contributed by atoms with Gasteiger partial charge in [-0.3, -0.25) is 4.79 Å². The Morgan fingerprint density at radius 2 is 1.91 bits per heavy atom. The van der Waals surface area contributed by atoms with Gasteiger partial charge in [0, 0.05) is 19.3 Å². The van der Waals surface area contributed by atoms with Gasteiger partial charge in [0.15, 0.2) is 9.84 Å². The summed E-state index contributed by atoms with van der Waals surface area (Å²) in [6.45, 7) is 0.851. The molecule has 1 heterocycles. The number of amides is 1. The summed E-state index contributed by atoms with van der Waals surface area (Å²) in [7, 11) is -3.07. The van der Waals surface area contributed by atoms with E-state index in [1.165, 1.54) is 6.26 Å². The number of likely N-dealkylation sites (tertiary alicyclic amines) is 1. The fraction of sp³-hybridized carbons (Fsp3) is 0.353. The number of nitrogens with zero attached hydrogens (tertiary/aromatic N) is 1. The van der Waals surface area contributed by atoms with Crippen LogP contribution in [-0.4, -0.2) is 43.8 Å². The fourth-order valence-electron chi connectivity index (χ4n) is 3.03. The average Bonchev–Trinajstić information content (AvgIpc) is 2.98. The molecule has 4 nitrogen and oxygen atoms in total. The Morgan fingerprint density at radius 1 is 1.18 bits per heavy atom. The lowest BCUT2D eigenvalue weighted by molar-refractivity contribution is -0.129. The van der Waals surface area contributed by atoms with E-state index in [-0.39, 0.29) is 5.91 Å². The molecule has 0 radical (unpaired) electrons. The molecule has 116 valence electrons. The zero-order valence-corrected chi connectivity index (χ0v) is 13.3. The molecule has 2 aromatic carbocycles. The van der Waals surface area contributed by atoms with E-state index in [9.17, 15) is 13.2 Å². The first kappa shape index (κ1) is 15.0. The van der Waals surface area contributed by atoms with Crippen LogP contribution < -0.4 is 0 Å². The summed E-state index contributed by atoms with van der Waals surface area (Å²) in [4.78, 5) is 14.1. The second-order valence-electron chi connectivity index (χ2n) is 5.90. The van der Waals surface area contributed by atoms with Crippen LogP contribution in [0.4, 0.5) is 0 Å². The van der Waals surface area contributed by atoms with E-state index in [1.807, 2.05) is 42.5 Å². The molecule has 0 aliphatic carbocycles. The van der Waals surface area contributed by atoms with Crippen molar-refractivity contribution in [3.63, 3.8) is 0 Å². The topological polar surface area (TPSA) is 54.5 Å². The van der Waals surface area contributed by atoms with Crippen molar-refractivity contribution in [3.8, 4) is 0 Å². The molecule has 0 N–H and O–H groups in total. The Bertz CT molecular complexity index is 808. The van der Waals surface area contributed by atoms with Crippen LogP contribution in [0.15, 0.2) is 42.5 Å². The van der Waals surface area contributed by atoms with Crippen LogP contribution in [0.1, 0.15) is 12.0 Å². The minimum Gasteiger partial charge on any atom is -0.341 e. The van der Waals surface area contributed by atoms with E-state index >= 15 is 0 Å². The van der Waals surface area contributed by atoms with Crippen molar-refractivity contribution in [2.75, 3.05) is 19.3 Å². The van der Waals surface area contributed by atoms with Gasteiger partial charge < -0.3 is 4.90 Å². The molecule has 2 aromatic rings. The number of rotatable bonds is 3. The lowest BCUT2D eigenvalue weighted by atomic mass is 10.0. The predicted octanol–water partition coefficient (Wildman–Crippen LogP) is 2.03. The van der Waals surface area contributed by atoms with Gasteiger partial charge in [0.25, 0.3) is 0 Å². The maximum Gasteiger partial charge on any atom is 0.227 e. The van der Waals surface area contributed by atoms with Gasteiger partial charge in [-0.1, -0.05) is 42.5 Å². The molecule has 1 atom stereocenters. The third-order valence-electron chi connectivity index (χ3n) is 4.32.